The Balaban J connectivity index is 2.39. The van der Waals surface area contributed by atoms with Crippen molar-refractivity contribution >= 4 is 39.1 Å². The molecule has 0 bridgehead atoms. The van der Waals surface area contributed by atoms with E-state index in [2.05, 4.69) is 5.32 Å². The molecule has 1 N–H and O–H groups in total. The molecule has 0 saturated carbocycles. The maximum Gasteiger partial charge on any atom is 0.244 e. The fourth-order valence-electron chi connectivity index (χ4n) is 3.63. The summed E-state index contributed by atoms with van der Waals surface area (Å²) in [5.74, 6) is -0.708. The minimum atomic E-state index is -3.79. The topological polar surface area (TPSA) is 86.8 Å². The van der Waals surface area contributed by atoms with Gasteiger partial charge in [-0.3, -0.25) is 13.9 Å². The van der Waals surface area contributed by atoms with Gasteiger partial charge >= 0.3 is 0 Å². The first-order chi connectivity index (χ1) is 15.6. The number of nitrogens with one attached hydrogen (secondary N) is 1. The first-order valence-electron chi connectivity index (χ1n) is 10.9. The Hall–Kier alpha value is -2.58. The van der Waals surface area contributed by atoms with Crippen molar-refractivity contribution in [2.45, 2.75) is 39.7 Å². The van der Waals surface area contributed by atoms with E-state index in [4.69, 9.17) is 11.6 Å². The zero-order chi connectivity index (χ0) is 24.6. The molecule has 2 rings (SSSR count). The minimum absolute atomic E-state index is 0.258. The molecule has 0 aliphatic rings. The van der Waals surface area contributed by atoms with Crippen LogP contribution in [0.15, 0.2) is 48.5 Å². The van der Waals surface area contributed by atoms with Crippen LogP contribution in [0, 0.1) is 6.92 Å². The molecule has 0 radical (unpaired) electrons. The molecule has 33 heavy (non-hydrogen) atoms. The number of halogens is 1. The number of likely N-dealkylation sites (N-methyl/N-ethyl adjacent to an activating group) is 1. The highest BCUT2D eigenvalue weighted by Gasteiger charge is 2.31. The molecule has 2 aromatic carbocycles. The highest BCUT2D eigenvalue weighted by atomic mass is 35.5. The van der Waals surface area contributed by atoms with Crippen molar-refractivity contribution in [1.29, 1.82) is 0 Å². The number of nitrogens with zero attached hydrogens (tertiary/aromatic N) is 2. The van der Waals surface area contributed by atoms with Crippen LogP contribution in [0.2, 0.25) is 5.02 Å². The summed E-state index contributed by atoms with van der Waals surface area (Å²) < 4.78 is 26.3. The Labute approximate surface area is 201 Å². The predicted molar refractivity (Wildman–Crippen MR) is 133 cm³/mol. The normalized spacial score (nSPS) is 12.2. The van der Waals surface area contributed by atoms with Crippen LogP contribution < -0.4 is 9.62 Å². The average molecular weight is 494 g/mol. The molecule has 7 nitrogen and oxygen atoms in total. The van der Waals surface area contributed by atoms with Crippen LogP contribution in [0.5, 0.6) is 0 Å². The number of anilines is 1. The van der Waals surface area contributed by atoms with Gasteiger partial charge in [-0.05, 0) is 49.9 Å². The summed E-state index contributed by atoms with van der Waals surface area (Å²) in [7, 11) is -3.79. The van der Waals surface area contributed by atoms with Gasteiger partial charge in [-0.2, -0.15) is 0 Å². The number of aryl methyl sites for hydroxylation is 1. The molecule has 180 valence electrons. The summed E-state index contributed by atoms with van der Waals surface area (Å²) in [5.41, 5.74) is 2.03. The maximum atomic E-state index is 13.5. The Morgan fingerprint density at radius 1 is 1.09 bits per heavy atom. The average Bonchev–Trinajstić information content (AvgIpc) is 2.76. The number of rotatable bonds is 11. The lowest BCUT2D eigenvalue weighted by Gasteiger charge is -2.33. The van der Waals surface area contributed by atoms with Gasteiger partial charge in [0.15, 0.2) is 0 Å². The first kappa shape index (κ1) is 26.7. The molecule has 0 spiro atoms. The van der Waals surface area contributed by atoms with Crippen molar-refractivity contribution in [3.05, 3.63) is 64.7 Å². The second-order valence-electron chi connectivity index (χ2n) is 7.84. The summed E-state index contributed by atoms with van der Waals surface area (Å²) in [6.45, 7) is 5.69. The van der Waals surface area contributed by atoms with E-state index in [1.54, 1.807) is 19.1 Å². The number of carbonyl (C=O) groups is 2. The van der Waals surface area contributed by atoms with E-state index in [9.17, 15) is 18.0 Å². The Morgan fingerprint density at radius 3 is 2.33 bits per heavy atom. The van der Waals surface area contributed by atoms with E-state index >= 15 is 0 Å². The largest absolute Gasteiger partial charge is 0.355 e. The Bertz CT molecular complexity index is 1060. The maximum absolute atomic E-state index is 13.5. The third-order valence-electron chi connectivity index (χ3n) is 5.34. The number of sulfonamides is 1. The molecule has 1 atom stereocenters. The molecule has 0 saturated heterocycles. The number of amides is 2. The number of hydrogen-bond donors (Lipinski definition) is 1. The van der Waals surface area contributed by atoms with Gasteiger partial charge in [0.1, 0.15) is 12.6 Å². The highest BCUT2D eigenvalue weighted by molar-refractivity contribution is 7.92. The van der Waals surface area contributed by atoms with Crippen LogP contribution in [-0.4, -0.2) is 57.1 Å². The number of carbonyl (C=O) groups excluding carboxylic acids is 2. The second kappa shape index (κ2) is 12.0. The van der Waals surface area contributed by atoms with E-state index in [0.29, 0.717) is 35.7 Å². The summed E-state index contributed by atoms with van der Waals surface area (Å²) in [6.07, 6.45) is 2.00. The molecule has 0 heterocycles. The van der Waals surface area contributed by atoms with E-state index in [1.807, 2.05) is 44.2 Å². The smallest absolute Gasteiger partial charge is 0.244 e. The van der Waals surface area contributed by atoms with E-state index in [-0.39, 0.29) is 12.5 Å². The first-order valence-corrected chi connectivity index (χ1v) is 13.2. The van der Waals surface area contributed by atoms with Gasteiger partial charge in [0.05, 0.1) is 11.9 Å². The van der Waals surface area contributed by atoms with Crippen molar-refractivity contribution in [1.82, 2.24) is 10.2 Å². The monoisotopic (exact) mass is 493 g/mol. The molecule has 0 aromatic heterocycles. The third kappa shape index (κ3) is 7.47. The van der Waals surface area contributed by atoms with Crippen LogP contribution in [0.4, 0.5) is 5.69 Å². The molecule has 0 aliphatic heterocycles. The molecular formula is C24H32ClN3O4S. The fourth-order valence-corrected chi connectivity index (χ4v) is 4.70. The SMILES string of the molecule is CCNC(=O)[C@H](CC)N(CCc1ccccc1)C(=O)CN(c1cc(Cl)ccc1C)S(C)(=O)=O. The van der Waals surface area contributed by atoms with Gasteiger partial charge in [-0.25, -0.2) is 8.42 Å². The van der Waals surface area contributed by atoms with Crippen LogP contribution >= 0.6 is 11.6 Å². The molecular weight excluding hydrogens is 462 g/mol. The summed E-state index contributed by atoms with van der Waals surface area (Å²) in [4.78, 5) is 27.7. The van der Waals surface area contributed by atoms with E-state index in [1.165, 1.54) is 11.0 Å². The highest BCUT2D eigenvalue weighted by Crippen LogP contribution is 2.26. The van der Waals surface area contributed by atoms with Crippen molar-refractivity contribution in [3.8, 4) is 0 Å². The van der Waals surface area contributed by atoms with E-state index < -0.39 is 28.5 Å². The molecule has 9 heteroatoms. The molecule has 2 amide bonds. The van der Waals surface area contributed by atoms with Gasteiger partial charge in [0, 0.05) is 18.1 Å². The molecule has 0 aliphatic carbocycles. The quantitative estimate of drug-likeness (QED) is 0.519. The van der Waals surface area contributed by atoms with Crippen LogP contribution in [0.3, 0.4) is 0 Å². The van der Waals surface area contributed by atoms with E-state index in [0.717, 1.165) is 16.1 Å². The van der Waals surface area contributed by atoms with Crippen LogP contribution in [0.1, 0.15) is 31.4 Å². The standard InChI is InChI=1S/C24H32ClN3O4S/c1-5-21(24(30)26-6-2)27(15-14-19-10-8-7-9-11-19)23(29)17-28(33(4,31)32)22-16-20(25)13-12-18(22)3/h7-13,16,21H,5-6,14-15,17H2,1-4H3,(H,26,30)/t21-/m0/s1. The number of hydrogen-bond acceptors (Lipinski definition) is 4. The minimum Gasteiger partial charge on any atom is -0.355 e. The molecule has 2 aromatic rings. The van der Waals surface area contributed by atoms with Gasteiger partial charge in [-0.15, -0.1) is 0 Å². The summed E-state index contributed by atoms with van der Waals surface area (Å²) in [6, 6.07) is 13.8. The van der Waals surface area contributed by atoms with Gasteiger partial charge in [0.25, 0.3) is 0 Å². The lowest BCUT2D eigenvalue weighted by Crippen LogP contribution is -2.53. The molecule has 0 unspecified atom stereocenters. The lowest BCUT2D eigenvalue weighted by atomic mass is 10.1. The third-order valence-corrected chi connectivity index (χ3v) is 6.70. The Kier molecular flexibility index (Phi) is 9.73. The van der Waals surface area contributed by atoms with Gasteiger partial charge in [0.2, 0.25) is 21.8 Å². The summed E-state index contributed by atoms with van der Waals surface area (Å²) in [5, 5.41) is 3.15. The second-order valence-corrected chi connectivity index (χ2v) is 10.2. The van der Waals surface area contributed by atoms with Crippen LogP contribution in [0.25, 0.3) is 0 Å². The number of benzene rings is 2. The van der Waals surface area contributed by atoms with Crippen LogP contribution in [-0.2, 0) is 26.0 Å². The summed E-state index contributed by atoms with van der Waals surface area (Å²) >= 11 is 6.11. The van der Waals surface area contributed by atoms with Crippen molar-refractivity contribution in [2.75, 3.05) is 30.2 Å². The zero-order valence-corrected chi connectivity index (χ0v) is 21.1. The predicted octanol–water partition coefficient (Wildman–Crippen LogP) is 3.40. The fraction of sp³-hybridized carbons (Fsp3) is 0.417. The van der Waals surface area contributed by atoms with Gasteiger partial charge in [-0.1, -0.05) is 54.9 Å². The van der Waals surface area contributed by atoms with Crippen molar-refractivity contribution in [2.24, 2.45) is 0 Å². The van der Waals surface area contributed by atoms with Crippen molar-refractivity contribution < 1.29 is 18.0 Å². The Morgan fingerprint density at radius 2 is 1.76 bits per heavy atom. The zero-order valence-electron chi connectivity index (χ0n) is 19.5. The van der Waals surface area contributed by atoms with Gasteiger partial charge < -0.3 is 10.2 Å². The lowest BCUT2D eigenvalue weighted by molar-refractivity contribution is -0.139. The van der Waals surface area contributed by atoms with Crippen molar-refractivity contribution in [3.63, 3.8) is 0 Å². The molecule has 0 fully saturated rings.